The van der Waals surface area contributed by atoms with E-state index in [1.165, 1.54) is 0 Å². The molecule has 0 N–H and O–H groups in total. The van der Waals surface area contributed by atoms with Crippen molar-refractivity contribution in [3.63, 3.8) is 0 Å². The third-order valence-electron chi connectivity index (χ3n) is 3.35. The van der Waals surface area contributed by atoms with Crippen molar-refractivity contribution in [2.75, 3.05) is 46.2 Å². The van der Waals surface area contributed by atoms with Gasteiger partial charge in [-0.15, -0.1) is 0 Å². The van der Waals surface area contributed by atoms with Crippen LogP contribution in [0.4, 0.5) is 0 Å². The maximum absolute atomic E-state index is 10.9. The average Bonchev–Trinajstić information content (AvgIpc) is 2.69. The van der Waals surface area contributed by atoms with Gasteiger partial charge in [0.2, 0.25) is 0 Å². The molecule has 0 amide bonds. The molecule has 0 spiro atoms. The van der Waals surface area contributed by atoms with Crippen LogP contribution in [0.25, 0.3) is 0 Å². The minimum Gasteiger partial charge on any atom is -0.494 e. The highest BCUT2D eigenvalue weighted by Gasteiger charge is 1.97. The van der Waals surface area contributed by atoms with E-state index in [4.69, 9.17) is 18.9 Å². The lowest BCUT2D eigenvalue weighted by molar-refractivity contribution is -0.108. The van der Waals surface area contributed by atoms with Crippen LogP contribution in [0.5, 0.6) is 0 Å². The molecule has 0 aliphatic rings. The van der Waals surface area contributed by atoms with Crippen molar-refractivity contribution in [3.8, 4) is 0 Å². The number of hydrogen-bond acceptors (Lipinski definition) is 6. The van der Waals surface area contributed by atoms with Gasteiger partial charge in [-0.1, -0.05) is 12.2 Å². The molecular formula is C21H34O6. The van der Waals surface area contributed by atoms with Gasteiger partial charge in [0.25, 0.3) is 0 Å². The average molecular weight is 382 g/mol. The molecule has 0 heterocycles. The van der Waals surface area contributed by atoms with Crippen molar-refractivity contribution in [3.05, 3.63) is 35.6 Å². The third-order valence-corrected chi connectivity index (χ3v) is 3.35. The maximum Gasteiger partial charge on any atom is 0.150 e. The van der Waals surface area contributed by atoms with Gasteiger partial charge in [0.1, 0.15) is 18.3 Å². The Labute approximate surface area is 163 Å². The minimum absolute atomic E-state index is 0.538. The number of hydrogen-bond donors (Lipinski definition) is 0. The van der Waals surface area contributed by atoms with Gasteiger partial charge in [-0.25, -0.2) is 0 Å². The molecule has 0 unspecified atom stereocenters. The lowest BCUT2D eigenvalue weighted by Gasteiger charge is -2.08. The molecule has 0 saturated carbocycles. The fourth-order valence-corrected chi connectivity index (χ4v) is 1.99. The second kappa shape index (κ2) is 20.6. The van der Waals surface area contributed by atoms with Crippen LogP contribution in [0, 0.1) is 0 Å². The van der Waals surface area contributed by atoms with Crippen LogP contribution in [-0.4, -0.2) is 58.8 Å². The van der Waals surface area contributed by atoms with Gasteiger partial charge in [0, 0.05) is 44.8 Å². The fraction of sp³-hybridized carbons (Fsp3) is 0.619. The first-order valence-electron chi connectivity index (χ1n) is 9.54. The zero-order valence-electron chi connectivity index (χ0n) is 16.7. The molecular weight excluding hydrogens is 348 g/mol. The summed E-state index contributed by atoms with van der Waals surface area (Å²) >= 11 is 0. The number of carbonyl (C=O) groups excluding carboxylic acids is 2. The van der Waals surface area contributed by atoms with Crippen molar-refractivity contribution in [2.45, 2.75) is 39.5 Å². The Hall–Kier alpha value is -1.76. The van der Waals surface area contributed by atoms with E-state index in [2.05, 4.69) is 0 Å². The molecule has 0 aliphatic heterocycles. The summed E-state index contributed by atoms with van der Waals surface area (Å²) in [6, 6.07) is 0. The van der Waals surface area contributed by atoms with Crippen LogP contribution in [0.1, 0.15) is 39.5 Å². The predicted molar refractivity (Wildman–Crippen MR) is 106 cm³/mol. The molecule has 0 fully saturated rings. The Balaban J connectivity index is 3.49. The number of allylic oxidation sites excluding steroid dienone is 5. The maximum atomic E-state index is 10.9. The first-order chi connectivity index (χ1) is 13.3. The summed E-state index contributed by atoms with van der Waals surface area (Å²) in [4.78, 5) is 21.0. The van der Waals surface area contributed by atoms with E-state index in [0.29, 0.717) is 64.0 Å². The number of ether oxygens (including phenoxy) is 4. The number of rotatable bonds is 19. The van der Waals surface area contributed by atoms with Gasteiger partial charge in [-0.05, 0) is 38.8 Å². The molecule has 154 valence electrons. The molecule has 0 saturated heterocycles. The van der Waals surface area contributed by atoms with Crippen LogP contribution >= 0.6 is 0 Å². The highest BCUT2D eigenvalue weighted by molar-refractivity contribution is 5.78. The summed E-state index contributed by atoms with van der Waals surface area (Å²) in [5.74, 6) is 0.678. The smallest absolute Gasteiger partial charge is 0.150 e. The molecule has 0 aromatic heterocycles. The summed E-state index contributed by atoms with van der Waals surface area (Å²) in [5, 5.41) is 0. The highest BCUT2D eigenvalue weighted by Crippen LogP contribution is 2.05. The molecule has 0 aliphatic carbocycles. The monoisotopic (exact) mass is 382 g/mol. The fourth-order valence-electron chi connectivity index (χ4n) is 1.99. The molecule has 0 aromatic carbocycles. The minimum atomic E-state index is 0.538. The van der Waals surface area contributed by atoms with Crippen molar-refractivity contribution < 1.29 is 28.5 Å². The van der Waals surface area contributed by atoms with Crippen molar-refractivity contribution in [2.24, 2.45) is 0 Å². The summed E-state index contributed by atoms with van der Waals surface area (Å²) in [5.41, 5.74) is 0.577. The summed E-state index contributed by atoms with van der Waals surface area (Å²) in [7, 11) is 0. The van der Waals surface area contributed by atoms with Crippen molar-refractivity contribution in [1.29, 1.82) is 0 Å². The molecule has 0 bridgehead atoms. The topological polar surface area (TPSA) is 71.1 Å². The Morgan fingerprint density at radius 2 is 1.37 bits per heavy atom. The van der Waals surface area contributed by atoms with E-state index in [-0.39, 0.29) is 0 Å². The number of unbranched alkanes of at least 4 members (excludes halogenated alkanes) is 1. The van der Waals surface area contributed by atoms with Gasteiger partial charge in [-0.3, -0.25) is 4.79 Å². The Bertz CT molecular complexity index is 454. The normalized spacial score (nSPS) is 12.5. The van der Waals surface area contributed by atoms with E-state index in [1.807, 2.05) is 26.0 Å². The first kappa shape index (κ1) is 25.2. The van der Waals surface area contributed by atoms with Gasteiger partial charge in [-0.2, -0.15) is 0 Å². The SMILES string of the molecule is C\C=C/C(C=O)=C\C(=C/C)OCCCOCCCOCCOCCCC=O. The van der Waals surface area contributed by atoms with E-state index in [9.17, 15) is 9.59 Å². The van der Waals surface area contributed by atoms with Crippen LogP contribution in [0.3, 0.4) is 0 Å². The van der Waals surface area contributed by atoms with Crippen molar-refractivity contribution >= 4 is 12.6 Å². The second-order valence-corrected chi connectivity index (χ2v) is 5.65. The van der Waals surface area contributed by atoms with E-state index in [1.54, 1.807) is 12.2 Å². The molecule has 27 heavy (non-hydrogen) atoms. The molecule has 6 nitrogen and oxygen atoms in total. The van der Waals surface area contributed by atoms with Gasteiger partial charge in [0.15, 0.2) is 0 Å². The summed E-state index contributed by atoms with van der Waals surface area (Å²) in [6.07, 6.45) is 11.7. The molecule has 0 atom stereocenters. The molecule has 0 aromatic rings. The summed E-state index contributed by atoms with van der Waals surface area (Å²) < 4.78 is 21.9. The van der Waals surface area contributed by atoms with Crippen LogP contribution < -0.4 is 0 Å². The van der Waals surface area contributed by atoms with E-state index < -0.39 is 0 Å². The molecule has 6 heteroatoms. The Morgan fingerprint density at radius 1 is 0.778 bits per heavy atom. The van der Waals surface area contributed by atoms with Crippen LogP contribution in [-0.2, 0) is 28.5 Å². The van der Waals surface area contributed by atoms with E-state index in [0.717, 1.165) is 31.8 Å². The lowest BCUT2D eigenvalue weighted by atomic mass is 10.2. The lowest BCUT2D eigenvalue weighted by Crippen LogP contribution is -2.08. The highest BCUT2D eigenvalue weighted by atomic mass is 16.5. The number of aldehydes is 2. The largest absolute Gasteiger partial charge is 0.494 e. The summed E-state index contributed by atoms with van der Waals surface area (Å²) in [6.45, 7) is 7.89. The van der Waals surface area contributed by atoms with Gasteiger partial charge in [0.05, 0.1) is 19.8 Å². The van der Waals surface area contributed by atoms with E-state index >= 15 is 0 Å². The zero-order valence-corrected chi connectivity index (χ0v) is 16.7. The number of carbonyl (C=O) groups is 2. The second-order valence-electron chi connectivity index (χ2n) is 5.65. The van der Waals surface area contributed by atoms with Crippen LogP contribution in [0.2, 0.25) is 0 Å². The van der Waals surface area contributed by atoms with Gasteiger partial charge < -0.3 is 23.7 Å². The van der Waals surface area contributed by atoms with Crippen LogP contribution in [0.15, 0.2) is 35.6 Å². The molecule has 0 rings (SSSR count). The van der Waals surface area contributed by atoms with Crippen molar-refractivity contribution in [1.82, 2.24) is 0 Å². The Morgan fingerprint density at radius 3 is 1.93 bits per heavy atom. The standard InChI is InChI=1S/C21H34O6/c1-3-9-20(19-23)18-21(4-2)27-15-8-14-24-12-7-13-26-17-16-25-11-6-5-10-22/h3-4,9-10,18-19H,5-8,11-17H2,1-2H3/b9-3-,20-18+,21-4+. The zero-order chi connectivity index (χ0) is 20.0. The molecule has 0 radical (unpaired) electrons. The third kappa shape index (κ3) is 17.4. The quantitative estimate of drug-likeness (QED) is 0.112. The Kier molecular flexibility index (Phi) is 19.2. The van der Waals surface area contributed by atoms with Gasteiger partial charge >= 0.3 is 0 Å². The first-order valence-corrected chi connectivity index (χ1v) is 9.54. The predicted octanol–water partition coefficient (Wildman–Crippen LogP) is 3.42.